The number of pyridine rings is 1. The summed E-state index contributed by atoms with van der Waals surface area (Å²) in [4.78, 5) is 4.52. The molecular formula is C18H16NPSe. The molecule has 0 atom stereocenters. The molecule has 3 heteroatoms. The molecule has 0 amide bonds. The van der Waals surface area contributed by atoms with Gasteiger partial charge in [0, 0.05) is 0 Å². The third-order valence-corrected chi connectivity index (χ3v) is 9.96. The number of rotatable bonds is 4. The number of nitrogens with zero attached hydrogens (tertiary/aromatic N) is 1. The Balaban J connectivity index is 2.10. The molecule has 0 bridgehead atoms. The van der Waals surface area contributed by atoms with Gasteiger partial charge in [-0.1, -0.05) is 0 Å². The Morgan fingerprint density at radius 1 is 0.714 bits per heavy atom. The third-order valence-electron chi connectivity index (χ3n) is 3.46. The van der Waals surface area contributed by atoms with Gasteiger partial charge in [-0.25, -0.2) is 0 Å². The van der Waals surface area contributed by atoms with Gasteiger partial charge in [0.15, 0.2) is 0 Å². The van der Waals surface area contributed by atoms with Crippen molar-refractivity contribution in [3.63, 3.8) is 0 Å². The monoisotopic (exact) mass is 357 g/mol. The molecule has 21 heavy (non-hydrogen) atoms. The molecular weight excluding hydrogens is 340 g/mol. The van der Waals surface area contributed by atoms with Crippen LogP contribution >= 0.6 is 5.51 Å². The van der Waals surface area contributed by atoms with E-state index in [2.05, 4.69) is 92.9 Å². The maximum absolute atomic E-state index is 4.52. The van der Waals surface area contributed by atoms with E-state index in [1.54, 1.807) is 0 Å². The van der Waals surface area contributed by atoms with Crippen LogP contribution in [0.4, 0.5) is 0 Å². The topological polar surface area (TPSA) is 12.9 Å². The minimum atomic E-state index is -1.58. The molecule has 1 heterocycles. The van der Waals surface area contributed by atoms with Gasteiger partial charge in [-0.15, -0.1) is 0 Å². The Bertz CT molecular complexity index is 698. The van der Waals surface area contributed by atoms with E-state index in [1.807, 2.05) is 12.3 Å². The Kier molecular flexibility index (Phi) is 4.51. The summed E-state index contributed by atoms with van der Waals surface area (Å²) in [6.45, 7) is 0. The zero-order chi connectivity index (χ0) is 14.5. The average Bonchev–Trinajstić information content (AvgIpc) is 2.57. The Morgan fingerprint density at radius 3 is 1.71 bits per heavy atom. The summed E-state index contributed by atoms with van der Waals surface area (Å²) in [7, 11) is 0. The molecule has 2 aromatic carbocycles. The van der Waals surface area contributed by atoms with Crippen LogP contribution in [0.3, 0.4) is 0 Å². The second-order valence-corrected chi connectivity index (χ2v) is 11.6. The first-order chi connectivity index (χ1) is 10.3. The van der Waals surface area contributed by atoms with Gasteiger partial charge < -0.3 is 0 Å². The van der Waals surface area contributed by atoms with E-state index in [1.165, 1.54) is 10.6 Å². The predicted molar refractivity (Wildman–Crippen MR) is 92.8 cm³/mol. The fraction of sp³-hybridized carbons (Fsp3) is 0.0556. The van der Waals surface area contributed by atoms with Crippen molar-refractivity contribution in [2.75, 3.05) is 0 Å². The molecule has 0 radical (unpaired) electrons. The van der Waals surface area contributed by atoms with Crippen molar-refractivity contribution >= 4 is 31.2 Å². The molecule has 0 unspecified atom stereocenters. The van der Waals surface area contributed by atoms with Crippen molar-refractivity contribution in [1.82, 2.24) is 4.98 Å². The summed E-state index contributed by atoms with van der Waals surface area (Å²) < 4.78 is 0. The zero-order valence-electron chi connectivity index (χ0n) is 11.6. The summed E-state index contributed by atoms with van der Waals surface area (Å²) in [6.07, 6.45) is 2.82. The summed E-state index contributed by atoms with van der Waals surface area (Å²) in [6, 6.07) is 27.6. The molecule has 1 nitrogen and oxygen atoms in total. The van der Waals surface area contributed by atoms with Gasteiger partial charge >= 0.3 is 133 Å². The molecule has 1 aromatic heterocycles. The molecule has 0 spiro atoms. The predicted octanol–water partition coefficient (Wildman–Crippen LogP) is 3.33. The summed E-state index contributed by atoms with van der Waals surface area (Å²) in [5.41, 5.74) is -0.447. The number of hydrogen-bond acceptors (Lipinski definition) is 1. The van der Waals surface area contributed by atoms with Crippen LogP contribution in [0.15, 0.2) is 85.1 Å². The van der Waals surface area contributed by atoms with E-state index >= 15 is 0 Å². The van der Waals surface area contributed by atoms with E-state index in [9.17, 15) is 0 Å². The molecule has 0 aliphatic carbocycles. The minimum absolute atomic E-state index is 0.946. The Morgan fingerprint density at radius 2 is 1.24 bits per heavy atom. The first-order valence-corrected chi connectivity index (χ1v) is 11.1. The van der Waals surface area contributed by atoms with Crippen LogP contribution in [0.2, 0.25) is 0 Å². The summed E-state index contributed by atoms with van der Waals surface area (Å²) in [5.74, 6) is 0. The van der Waals surface area contributed by atoms with Crippen LogP contribution in [0.1, 0.15) is 5.69 Å². The summed E-state index contributed by atoms with van der Waals surface area (Å²) in [5, 5.41) is 2.75. The maximum atomic E-state index is 4.52. The van der Waals surface area contributed by atoms with Gasteiger partial charge in [0.05, 0.1) is 0 Å². The van der Waals surface area contributed by atoms with Crippen LogP contribution in [0.25, 0.3) is 0 Å². The Hall–Kier alpha value is -1.46. The quantitative estimate of drug-likeness (QED) is 0.516. The van der Waals surface area contributed by atoms with E-state index in [-0.39, 0.29) is 0 Å². The Labute approximate surface area is 133 Å². The second-order valence-electron chi connectivity index (χ2n) is 4.89. The fourth-order valence-corrected chi connectivity index (χ4v) is 7.37. The molecule has 3 rings (SSSR count). The van der Waals surface area contributed by atoms with Gasteiger partial charge in [0.25, 0.3) is 0 Å². The fourth-order valence-electron chi connectivity index (χ4n) is 2.39. The van der Waals surface area contributed by atoms with Crippen LogP contribution in [-0.2, 0) is 6.16 Å². The molecule has 0 aliphatic heterocycles. The van der Waals surface area contributed by atoms with Crippen LogP contribution < -0.4 is 10.6 Å². The number of hydrogen-bond donors (Lipinski definition) is 0. The number of aromatic nitrogens is 1. The first kappa shape index (κ1) is 14.5. The molecule has 104 valence electrons. The number of benzene rings is 2. The third kappa shape index (κ3) is 3.24. The molecule has 0 saturated carbocycles. The van der Waals surface area contributed by atoms with Crippen molar-refractivity contribution in [2.45, 2.75) is 6.16 Å². The van der Waals surface area contributed by atoms with E-state index in [0.29, 0.717) is 0 Å². The zero-order valence-corrected chi connectivity index (χ0v) is 14.2. The van der Waals surface area contributed by atoms with Crippen LogP contribution in [0.5, 0.6) is 0 Å². The molecule has 3 aromatic rings. The van der Waals surface area contributed by atoms with Crippen molar-refractivity contribution in [1.29, 1.82) is 0 Å². The van der Waals surface area contributed by atoms with E-state index in [4.69, 9.17) is 0 Å². The molecule has 0 N–H and O–H groups in total. The van der Waals surface area contributed by atoms with Crippen LogP contribution in [0, 0.1) is 0 Å². The second kappa shape index (κ2) is 6.54. The van der Waals surface area contributed by atoms with Gasteiger partial charge in [-0.3, -0.25) is 0 Å². The SMILES string of the molecule is [Se]=P(Cc1ccccn1)(c1ccccc1)c1ccccc1. The van der Waals surface area contributed by atoms with Crippen LogP contribution in [-0.4, -0.2) is 20.1 Å². The molecule has 0 aliphatic rings. The first-order valence-electron chi connectivity index (χ1n) is 6.89. The van der Waals surface area contributed by atoms with E-state index in [0.717, 1.165) is 11.9 Å². The average molecular weight is 356 g/mol. The van der Waals surface area contributed by atoms with Crippen molar-refractivity contribution in [3.05, 3.63) is 90.8 Å². The van der Waals surface area contributed by atoms with E-state index < -0.39 is 5.51 Å². The normalized spacial score (nSPS) is 11.2. The van der Waals surface area contributed by atoms with Gasteiger partial charge in [0.1, 0.15) is 0 Å². The molecule has 0 saturated heterocycles. The summed E-state index contributed by atoms with van der Waals surface area (Å²) >= 11 is 3.54. The van der Waals surface area contributed by atoms with Gasteiger partial charge in [-0.05, 0) is 0 Å². The van der Waals surface area contributed by atoms with Crippen molar-refractivity contribution < 1.29 is 0 Å². The van der Waals surface area contributed by atoms with Gasteiger partial charge in [0.2, 0.25) is 0 Å². The standard InChI is InChI=1S/C18H16NPSe/c21-20(17-10-3-1-4-11-17,18-12-5-2-6-13-18)15-16-9-7-8-14-19-16/h1-14H,15H2. The van der Waals surface area contributed by atoms with Gasteiger partial charge in [-0.2, -0.15) is 0 Å². The van der Waals surface area contributed by atoms with Crippen molar-refractivity contribution in [3.8, 4) is 0 Å². The molecule has 0 fully saturated rings. The van der Waals surface area contributed by atoms with Crippen molar-refractivity contribution in [2.24, 2.45) is 0 Å².